The number of H-pyrrole nitrogens is 1. The fourth-order valence-electron chi connectivity index (χ4n) is 4.75. The Balaban J connectivity index is 1.45. The van der Waals surface area contributed by atoms with Gasteiger partial charge in [-0.25, -0.2) is 4.79 Å². The lowest BCUT2D eigenvalue weighted by Crippen LogP contribution is -2.61. The number of carboxylic acid groups (broad SMARTS) is 1. The first kappa shape index (κ1) is 27.6. The van der Waals surface area contributed by atoms with E-state index in [0.29, 0.717) is 36.4 Å². The SMILES string of the molecule is CCCCOc1nc(N)c2[nH]c(=O)n(CCCN(Cc3ccc(CC(=O)O)cc3)C3CN(C(C)C)C3)c2n1. The Morgan fingerprint density at radius 2 is 1.92 bits per heavy atom. The summed E-state index contributed by atoms with van der Waals surface area (Å²) in [5.74, 6) is -0.629. The summed E-state index contributed by atoms with van der Waals surface area (Å²) in [6.45, 7) is 11.0. The van der Waals surface area contributed by atoms with Crippen LogP contribution in [0.5, 0.6) is 6.01 Å². The molecule has 0 spiro atoms. The summed E-state index contributed by atoms with van der Waals surface area (Å²) in [6, 6.07) is 8.91. The largest absolute Gasteiger partial charge is 0.481 e. The van der Waals surface area contributed by atoms with E-state index in [-0.39, 0.29) is 23.9 Å². The van der Waals surface area contributed by atoms with Gasteiger partial charge in [0.05, 0.1) is 13.0 Å². The first-order valence-electron chi connectivity index (χ1n) is 13.4. The predicted molar refractivity (Wildman–Crippen MR) is 146 cm³/mol. The van der Waals surface area contributed by atoms with Crippen molar-refractivity contribution in [2.75, 3.05) is 32.0 Å². The number of nitrogens with two attached hydrogens (primary N) is 1. The number of carboxylic acids is 1. The van der Waals surface area contributed by atoms with Gasteiger partial charge in [-0.2, -0.15) is 9.97 Å². The maximum absolute atomic E-state index is 12.7. The Morgan fingerprint density at radius 3 is 2.58 bits per heavy atom. The number of unbranched alkanes of at least 4 members (excludes halogenated alkanes) is 1. The Labute approximate surface area is 222 Å². The minimum atomic E-state index is -0.832. The van der Waals surface area contributed by atoms with Gasteiger partial charge in [0.25, 0.3) is 0 Å². The van der Waals surface area contributed by atoms with Crippen molar-refractivity contribution < 1.29 is 14.6 Å². The highest BCUT2D eigenvalue weighted by Crippen LogP contribution is 2.22. The first-order chi connectivity index (χ1) is 18.2. The highest BCUT2D eigenvalue weighted by molar-refractivity contribution is 5.81. The van der Waals surface area contributed by atoms with Crippen LogP contribution in [0.3, 0.4) is 0 Å². The number of rotatable bonds is 14. The number of likely N-dealkylation sites (tertiary alicyclic amines) is 1. The molecule has 1 aliphatic rings. The monoisotopic (exact) mass is 525 g/mol. The first-order valence-corrected chi connectivity index (χ1v) is 13.4. The highest BCUT2D eigenvalue weighted by Gasteiger charge is 2.32. The quantitative estimate of drug-likeness (QED) is 0.271. The van der Waals surface area contributed by atoms with Crippen LogP contribution in [0.2, 0.25) is 0 Å². The third-order valence-corrected chi connectivity index (χ3v) is 7.09. The molecule has 3 aromatic rings. The number of nitrogen functional groups attached to an aromatic ring is 1. The van der Waals surface area contributed by atoms with Gasteiger partial charge >= 0.3 is 17.7 Å². The zero-order valence-corrected chi connectivity index (χ0v) is 22.5. The van der Waals surface area contributed by atoms with Crippen molar-refractivity contribution in [2.24, 2.45) is 0 Å². The molecule has 0 aliphatic carbocycles. The van der Waals surface area contributed by atoms with E-state index >= 15 is 0 Å². The average molecular weight is 526 g/mol. The van der Waals surface area contributed by atoms with Crippen LogP contribution in [-0.2, 0) is 24.3 Å². The van der Waals surface area contributed by atoms with Crippen LogP contribution in [0.25, 0.3) is 11.2 Å². The summed E-state index contributed by atoms with van der Waals surface area (Å²) >= 11 is 0. The average Bonchev–Trinajstić information content (AvgIpc) is 3.14. The predicted octanol–water partition coefficient (Wildman–Crippen LogP) is 2.49. The summed E-state index contributed by atoms with van der Waals surface area (Å²) in [5, 5.41) is 9.04. The third-order valence-electron chi connectivity index (χ3n) is 7.09. The van der Waals surface area contributed by atoms with Gasteiger partial charge in [-0.05, 0) is 37.8 Å². The second-order valence-electron chi connectivity index (χ2n) is 10.3. The number of ether oxygens (including phenoxy) is 1. The maximum atomic E-state index is 12.7. The molecule has 4 rings (SSSR count). The molecule has 0 atom stereocenters. The third kappa shape index (κ3) is 6.70. The molecule has 206 valence electrons. The van der Waals surface area contributed by atoms with Crippen molar-refractivity contribution in [3.8, 4) is 6.01 Å². The van der Waals surface area contributed by atoms with E-state index in [0.717, 1.165) is 56.6 Å². The van der Waals surface area contributed by atoms with Gasteiger partial charge < -0.3 is 20.6 Å². The van der Waals surface area contributed by atoms with Gasteiger partial charge in [0, 0.05) is 44.8 Å². The van der Waals surface area contributed by atoms with Gasteiger partial charge in [-0.1, -0.05) is 37.6 Å². The lowest BCUT2D eigenvalue weighted by atomic mass is 10.0. The lowest BCUT2D eigenvalue weighted by molar-refractivity contribution is -0.136. The summed E-state index contributed by atoms with van der Waals surface area (Å²) in [6.07, 6.45) is 2.65. The van der Waals surface area contributed by atoms with E-state index in [9.17, 15) is 9.59 Å². The van der Waals surface area contributed by atoms with Gasteiger partial charge in [0.15, 0.2) is 11.5 Å². The van der Waals surface area contributed by atoms with Crippen LogP contribution in [0.15, 0.2) is 29.1 Å². The molecular weight excluding hydrogens is 486 g/mol. The molecule has 38 heavy (non-hydrogen) atoms. The second kappa shape index (κ2) is 12.4. The van der Waals surface area contributed by atoms with Crippen molar-refractivity contribution in [2.45, 2.75) is 71.6 Å². The Hall–Kier alpha value is -3.44. The van der Waals surface area contributed by atoms with E-state index in [4.69, 9.17) is 15.6 Å². The van der Waals surface area contributed by atoms with Crippen molar-refractivity contribution in [3.05, 3.63) is 45.9 Å². The van der Waals surface area contributed by atoms with Crippen LogP contribution < -0.4 is 16.2 Å². The van der Waals surface area contributed by atoms with Crippen LogP contribution in [0, 0.1) is 0 Å². The van der Waals surface area contributed by atoms with Gasteiger partial charge in [-0.3, -0.25) is 19.2 Å². The zero-order valence-electron chi connectivity index (χ0n) is 22.5. The van der Waals surface area contributed by atoms with Crippen LogP contribution >= 0.6 is 0 Å². The summed E-state index contributed by atoms with van der Waals surface area (Å²) < 4.78 is 7.26. The fourth-order valence-corrected chi connectivity index (χ4v) is 4.75. The smallest absolute Gasteiger partial charge is 0.327 e. The topological polar surface area (TPSA) is 143 Å². The lowest BCUT2D eigenvalue weighted by Gasteiger charge is -2.47. The normalized spacial score (nSPS) is 14.4. The number of anilines is 1. The highest BCUT2D eigenvalue weighted by atomic mass is 16.5. The summed E-state index contributed by atoms with van der Waals surface area (Å²) in [5.41, 5.74) is 8.65. The molecule has 0 amide bonds. The number of nitrogens with one attached hydrogen (secondary N) is 1. The molecule has 1 fully saturated rings. The van der Waals surface area contributed by atoms with E-state index in [1.54, 1.807) is 4.57 Å². The number of carbonyl (C=O) groups is 1. The number of aryl methyl sites for hydroxylation is 1. The minimum Gasteiger partial charge on any atom is -0.481 e. The molecule has 0 unspecified atom stereocenters. The number of aromatic nitrogens is 4. The van der Waals surface area contributed by atoms with E-state index in [1.165, 1.54) is 0 Å². The molecular formula is C27H39N7O4. The molecule has 0 saturated carbocycles. The summed E-state index contributed by atoms with van der Waals surface area (Å²) in [7, 11) is 0. The van der Waals surface area contributed by atoms with Crippen LogP contribution in [0.4, 0.5) is 5.82 Å². The molecule has 11 nitrogen and oxygen atoms in total. The van der Waals surface area contributed by atoms with Crippen molar-refractivity contribution in [1.29, 1.82) is 0 Å². The fraction of sp³-hybridized carbons (Fsp3) is 0.556. The van der Waals surface area contributed by atoms with Crippen LogP contribution in [0.1, 0.15) is 51.2 Å². The van der Waals surface area contributed by atoms with Crippen molar-refractivity contribution >= 4 is 23.0 Å². The van der Waals surface area contributed by atoms with Crippen molar-refractivity contribution in [1.82, 2.24) is 29.3 Å². The molecule has 0 radical (unpaired) electrons. The van der Waals surface area contributed by atoms with E-state index in [1.807, 2.05) is 24.3 Å². The molecule has 4 N–H and O–H groups in total. The van der Waals surface area contributed by atoms with Gasteiger partial charge in [-0.15, -0.1) is 0 Å². The van der Waals surface area contributed by atoms with Crippen LogP contribution in [-0.4, -0.2) is 78.7 Å². The number of nitrogens with zero attached hydrogens (tertiary/aromatic N) is 5. The number of imidazole rings is 1. The van der Waals surface area contributed by atoms with Gasteiger partial charge in [0.2, 0.25) is 0 Å². The molecule has 3 heterocycles. The Kier molecular flexibility index (Phi) is 9.01. The van der Waals surface area contributed by atoms with E-state index in [2.05, 4.69) is 45.5 Å². The molecule has 1 saturated heterocycles. The Bertz CT molecular complexity index is 1280. The molecule has 1 aliphatic heterocycles. The molecule has 2 aromatic heterocycles. The number of benzene rings is 1. The zero-order chi connectivity index (χ0) is 27.2. The van der Waals surface area contributed by atoms with Gasteiger partial charge in [0.1, 0.15) is 5.52 Å². The number of aliphatic carboxylic acids is 1. The molecule has 11 heteroatoms. The number of fused-ring (bicyclic) bond motifs is 1. The number of hydrogen-bond donors (Lipinski definition) is 3. The Morgan fingerprint density at radius 1 is 1.21 bits per heavy atom. The van der Waals surface area contributed by atoms with Crippen molar-refractivity contribution in [3.63, 3.8) is 0 Å². The standard InChI is InChI=1S/C27H39N7O4/c1-4-5-13-38-26-30-24(28)23-25(31-26)34(27(37)29-23)12-6-11-32(21-16-33(17-21)18(2)3)15-20-9-7-19(8-10-20)14-22(35)36/h7-10,18,21H,4-6,11-17H2,1-3H3,(H,29,37)(H,35,36)(H2,28,30,31). The summed E-state index contributed by atoms with van der Waals surface area (Å²) in [4.78, 5) is 40.1. The minimum absolute atomic E-state index is 0.0226. The number of aromatic amines is 1. The number of hydrogen-bond acceptors (Lipinski definition) is 8. The maximum Gasteiger partial charge on any atom is 0.327 e. The van der Waals surface area contributed by atoms with E-state index < -0.39 is 5.97 Å². The molecule has 0 bridgehead atoms. The molecule has 1 aromatic carbocycles. The second-order valence-corrected chi connectivity index (χ2v) is 10.3.